The van der Waals surface area contributed by atoms with Gasteiger partial charge in [0.1, 0.15) is 0 Å². The van der Waals surface area contributed by atoms with Crippen LogP contribution in [0.2, 0.25) is 0 Å². The van der Waals surface area contributed by atoms with Crippen LogP contribution in [0.4, 0.5) is 11.4 Å². The van der Waals surface area contributed by atoms with E-state index >= 15 is 0 Å². The summed E-state index contributed by atoms with van der Waals surface area (Å²) in [6, 6.07) is 14.2. The highest BCUT2D eigenvalue weighted by atomic mass is 16.2. The van der Waals surface area contributed by atoms with Crippen molar-refractivity contribution in [2.75, 3.05) is 29.9 Å². The molecule has 1 unspecified atom stereocenters. The monoisotopic (exact) mass is 393 g/mol. The van der Waals surface area contributed by atoms with Gasteiger partial charge in [-0.15, -0.1) is 0 Å². The van der Waals surface area contributed by atoms with Crippen LogP contribution in [-0.2, 0) is 16.1 Å². The van der Waals surface area contributed by atoms with E-state index in [-0.39, 0.29) is 24.2 Å². The third kappa shape index (κ3) is 4.78. The Balaban J connectivity index is 1.64. The van der Waals surface area contributed by atoms with Gasteiger partial charge in [-0.05, 0) is 62.6 Å². The molecule has 1 N–H and O–H groups in total. The van der Waals surface area contributed by atoms with E-state index in [1.807, 2.05) is 50.2 Å². The molecule has 2 amide bonds. The van der Waals surface area contributed by atoms with Crippen molar-refractivity contribution in [1.82, 2.24) is 4.90 Å². The number of rotatable bonds is 7. The molecule has 1 aliphatic heterocycles. The Morgan fingerprint density at radius 2 is 1.83 bits per heavy atom. The SMILES string of the molecule is CCN(CC)c1ccc(NC(=O)C2CC(=O)N(Cc3ccccc3C)C2)c(C)c1. The van der Waals surface area contributed by atoms with E-state index in [4.69, 9.17) is 0 Å². The number of carbonyl (C=O) groups is 2. The molecule has 2 aromatic carbocycles. The van der Waals surface area contributed by atoms with Crippen molar-refractivity contribution in [1.29, 1.82) is 0 Å². The second-order valence-electron chi connectivity index (χ2n) is 7.76. The molecular formula is C24H31N3O2. The molecular weight excluding hydrogens is 362 g/mol. The van der Waals surface area contributed by atoms with E-state index < -0.39 is 0 Å². The zero-order valence-electron chi connectivity index (χ0n) is 17.9. The zero-order chi connectivity index (χ0) is 21.0. The summed E-state index contributed by atoms with van der Waals surface area (Å²) in [7, 11) is 0. The fourth-order valence-corrected chi connectivity index (χ4v) is 3.90. The zero-order valence-corrected chi connectivity index (χ0v) is 17.9. The molecule has 0 aromatic heterocycles. The number of aryl methyl sites for hydroxylation is 2. The minimum atomic E-state index is -0.312. The van der Waals surface area contributed by atoms with E-state index in [1.54, 1.807) is 4.90 Å². The quantitative estimate of drug-likeness (QED) is 0.769. The van der Waals surface area contributed by atoms with Gasteiger partial charge in [-0.25, -0.2) is 0 Å². The van der Waals surface area contributed by atoms with Gasteiger partial charge >= 0.3 is 0 Å². The Morgan fingerprint density at radius 1 is 1.10 bits per heavy atom. The number of nitrogens with zero attached hydrogens (tertiary/aromatic N) is 2. The molecule has 0 radical (unpaired) electrons. The highest BCUT2D eigenvalue weighted by Gasteiger charge is 2.34. The van der Waals surface area contributed by atoms with Crippen LogP contribution in [0.1, 0.15) is 37.0 Å². The van der Waals surface area contributed by atoms with E-state index in [9.17, 15) is 9.59 Å². The lowest BCUT2D eigenvalue weighted by Crippen LogP contribution is -2.28. The third-order valence-electron chi connectivity index (χ3n) is 5.80. The van der Waals surface area contributed by atoms with Gasteiger partial charge in [-0.2, -0.15) is 0 Å². The van der Waals surface area contributed by atoms with Crippen molar-refractivity contribution in [3.8, 4) is 0 Å². The lowest BCUT2D eigenvalue weighted by Gasteiger charge is -2.22. The standard InChI is InChI=1S/C24H31N3O2/c1-5-26(6-2)21-11-12-22(18(4)13-21)25-24(29)20-14-23(28)27(16-20)15-19-10-8-7-9-17(19)3/h7-13,20H,5-6,14-16H2,1-4H3,(H,25,29). The van der Waals surface area contributed by atoms with E-state index in [2.05, 4.69) is 30.1 Å². The molecule has 2 aromatic rings. The number of carbonyl (C=O) groups excluding carboxylic acids is 2. The summed E-state index contributed by atoms with van der Waals surface area (Å²) in [5, 5.41) is 3.03. The summed E-state index contributed by atoms with van der Waals surface area (Å²) in [6.07, 6.45) is 0.272. The molecule has 1 fully saturated rings. The molecule has 1 atom stereocenters. The van der Waals surface area contributed by atoms with Crippen molar-refractivity contribution < 1.29 is 9.59 Å². The number of benzene rings is 2. The van der Waals surface area contributed by atoms with Gasteiger partial charge in [0, 0.05) is 44.0 Å². The van der Waals surface area contributed by atoms with Gasteiger partial charge in [0.25, 0.3) is 0 Å². The van der Waals surface area contributed by atoms with Crippen molar-refractivity contribution >= 4 is 23.2 Å². The fraction of sp³-hybridized carbons (Fsp3) is 0.417. The maximum Gasteiger partial charge on any atom is 0.229 e. The average Bonchev–Trinajstić information content (AvgIpc) is 3.07. The molecule has 29 heavy (non-hydrogen) atoms. The van der Waals surface area contributed by atoms with Gasteiger partial charge in [-0.3, -0.25) is 9.59 Å². The van der Waals surface area contributed by atoms with Crippen molar-refractivity contribution in [3.05, 3.63) is 59.2 Å². The first-order chi connectivity index (χ1) is 13.9. The second kappa shape index (κ2) is 9.12. The van der Waals surface area contributed by atoms with Crippen LogP contribution in [0.25, 0.3) is 0 Å². The minimum absolute atomic E-state index is 0.0435. The number of nitrogens with one attached hydrogen (secondary N) is 1. The average molecular weight is 394 g/mol. The predicted molar refractivity (Wildman–Crippen MR) is 118 cm³/mol. The van der Waals surface area contributed by atoms with Gasteiger partial charge in [0.15, 0.2) is 0 Å². The second-order valence-corrected chi connectivity index (χ2v) is 7.76. The molecule has 3 rings (SSSR count). The van der Waals surface area contributed by atoms with Crippen molar-refractivity contribution in [2.24, 2.45) is 5.92 Å². The molecule has 1 saturated heterocycles. The first kappa shape index (κ1) is 20.9. The number of hydrogen-bond donors (Lipinski definition) is 1. The van der Waals surface area contributed by atoms with Crippen molar-refractivity contribution in [2.45, 2.75) is 40.7 Å². The Bertz CT molecular complexity index is 889. The van der Waals surface area contributed by atoms with Gasteiger partial charge in [0.05, 0.1) is 5.92 Å². The largest absolute Gasteiger partial charge is 0.372 e. The Hall–Kier alpha value is -2.82. The molecule has 0 saturated carbocycles. The molecule has 5 nitrogen and oxygen atoms in total. The van der Waals surface area contributed by atoms with Crippen LogP contribution in [0.15, 0.2) is 42.5 Å². The molecule has 1 aliphatic rings. The topological polar surface area (TPSA) is 52.7 Å². The number of likely N-dealkylation sites (tertiary alicyclic amines) is 1. The Morgan fingerprint density at radius 3 is 2.48 bits per heavy atom. The molecule has 154 valence electrons. The lowest BCUT2D eigenvalue weighted by molar-refractivity contribution is -0.128. The third-order valence-corrected chi connectivity index (χ3v) is 5.80. The Labute approximate surface area is 173 Å². The van der Waals surface area contributed by atoms with Gasteiger partial charge in [0.2, 0.25) is 11.8 Å². The fourth-order valence-electron chi connectivity index (χ4n) is 3.90. The number of amides is 2. The summed E-state index contributed by atoms with van der Waals surface area (Å²) < 4.78 is 0. The van der Waals surface area contributed by atoms with E-state index in [0.29, 0.717) is 13.1 Å². The van der Waals surface area contributed by atoms with Crippen LogP contribution in [0.3, 0.4) is 0 Å². The first-order valence-electron chi connectivity index (χ1n) is 10.4. The molecule has 0 bridgehead atoms. The molecule has 5 heteroatoms. The summed E-state index contributed by atoms with van der Waals surface area (Å²) in [6.45, 7) is 11.2. The highest BCUT2D eigenvalue weighted by Crippen LogP contribution is 2.26. The van der Waals surface area contributed by atoms with Crippen LogP contribution < -0.4 is 10.2 Å². The van der Waals surface area contributed by atoms with Gasteiger partial charge in [-0.1, -0.05) is 24.3 Å². The summed E-state index contributed by atoms with van der Waals surface area (Å²) in [4.78, 5) is 29.3. The minimum Gasteiger partial charge on any atom is -0.372 e. The lowest BCUT2D eigenvalue weighted by atomic mass is 10.1. The van der Waals surface area contributed by atoms with Crippen LogP contribution in [0.5, 0.6) is 0 Å². The molecule has 0 spiro atoms. The van der Waals surface area contributed by atoms with Crippen LogP contribution in [0, 0.1) is 19.8 Å². The van der Waals surface area contributed by atoms with Crippen LogP contribution >= 0.6 is 0 Å². The summed E-state index contributed by atoms with van der Waals surface area (Å²) in [5.41, 5.74) is 5.30. The predicted octanol–water partition coefficient (Wildman–Crippen LogP) is 4.14. The normalized spacial score (nSPS) is 16.2. The van der Waals surface area contributed by atoms with Gasteiger partial charge < -0.3 is 15.1 Å². The smallest absolute Gasteiger partial charge is 0.229 e. The summed E-state index contributed by atoms with van der Waals surface area (Å²) in [5.74, 6) is -0.347. The maximum atomic E-state index is 12.8. The highest BCUT2D eigenvalue weighted by molar-refractivity contribution is 5.97. The number of hydrogen-bond acceptors (Lipinski definition) is 3. The van der Waals surface area contributed by atoms with E-state index in [1.165, 1.54) is 0 Å². The van der Waals surface area contributed by atoms with Crippen LogP contribution in [-0.4, -0.2) is 36.3 Å². The van der Waals surface area contributed by atoms with E-state index in [0.717, 1.165) is 41.2 Å². The molecule has 1 heterocycles. The maximum absolute atomic E-state index is 12.8. The number of anilines is 2. The first-order valence-corrected chi connectivity index (χ1v) is 10.4. The Kier molecular flexibility index (Phi) is 6.57. The molecule has 0 aliphatic carbocycles. The summed E-state index contributed by atoms with van der Waals surface area (Å²) >= 11 is 0. The van der Waals surface area contributed by atoms with Crippen molar-refractivity contribution in [3.63, 3.8) is 0 Å².